The summed E-state index contributed by atoms with van der Waals surface area (Å²) in [5.41, 5.74) is 2.56. The van der Waals surface area contributed by atoms with E-state index in [1.54, 1.807) is 0 Å². The summed E-state index contributed by atoms with van der Waals surface area (Å²) in [6.07, 6.45) is 3.84. The van der Waals surface area contributed by atoms with Crippen LogP contribution in [0.25, 0.3) is 10.9 Å². The molecule has 1 aliphatic carbocycles. The van der Waals surface area contributed by atoms with E-state index >= 15 is 0 Å². The normalized spacial score (nSPS) is 24.8. The van der Waals surface area contributed by atoms with Crippen LogP contribution in [0.1, 0.15) is 50.0 Å². The Morgan fingerprint density at radius 1 is 1.48 bits per heavy atom. The third-order valence-corrected chi connectivity index (χ3v) is 5.08. The van der Waals surface area contributed by atoms with Gasteiger partial charge in [0.05, 0.1) is 0 Å². The van der Waals surface area contributed by atoms with Crippen LogP contribution in [0.5, 0.6) is 0 Å². The fraction of sp³-hybridized carbons (Fsp3) is 0.421. The average Bonchev–Trinajstić information content (AvgIpc) is 2.89. The van der Waals surface area contributed by atoms with Crippen molar-refractivity contribution in [2.45, 2.75) is 45.1 Å². The fourth-order valence-corrected chi connectivity index (χ4v) is 4.02. The number of amides is 1. The van der Waals surface area contributed by atoms with Crippen molar-refractivity contribution in [1.29, 1.82) is 0 Å². The van der Waals surface area contributed by atoms with E-state index in [4.69, 9.17) is 11.6 Å². The highest BCUT2D eigenvalue weighted by Crippen LogP contribution is 2.37. The number of hydrogen-bond acceptors (Lipinski definition) is 1. The number of halogens is 1. The quantitative estimate of drug-likeness (QED) is 0.758. The lowest BCUT2D eigenvalue weighted by Crippen LogP contribution is -2.51. The summed E-state index contributed by atoms with van der Waals surface area (Å²) in [6, 6.07) is 7.45. The van der Waals surface area contributed by atoms with E-state index in [2.05, 4.69) is 30.7 Å². The van der Waals surface area contributed by atoms with Gasteiger partial charge < -0.3 is 10.3 Å². The third-order valence-electron chi connectivity index (χ3n) is 4.85. The molecule has 0 radical (unpaired) electrons. The highest BCUT2D eigenvalue weighted by atomic mass is 35.5. The highest BCUT2D eigenvalue weighted by molar-refractivity contribution is 6.31. The lowest BCUT2D eigenvalue weighted by molar-refractivity contribution is 0.0860. The van der Waals surface area contributed by atoms with E-state index in [1.165, 1.54) is 5.57 Å². The van der Waals surface area contributed by atoms with Crippen LogP contribution in [-0.2, 0) is 0 Å². The summed E-state index contributed by atoms with van der Waals surface area (Å²) < 4.78 is 0. The van der Waals surface area contributed by atoms with E-state index in [0.29, 0.717) is 16.6 Å². The van der Waals surface area contributed by atoms with Gasteiger partial charge in [-0.1, -0.05) is 37.6 Å². The summed E-state index contributed by atoms with van der Waals surface area (Å²) in [4.78, 5) is 15.9. The molecule has 2 aromatic rings. The molecule has 1 amide bonds. The standard InChI is InChI=1S/C19H23ClN2O/c1-4-19(10-12(2)7-13(3)11-19)22-18(23)17-9-14-8-15(20)5-6-16(14)21-17/h5-6,8-9,13,21H,2,4,7,10-11H2,1,3H3,(H,22,23). The second kappa shape index (κ2) is 6.04. The molecule has 1 heterocycles. The first-order chi connectivity index (χ1) is 10.9. The van der Waals surface area contributed by atoms with Gasteiger partial charge in [0, 0.05) is 21.5 Å². The first-order valence-electron chi connectivity index (χ1n) is 8.18. The van der Waals surface area contributed by atoms with Gasteiger partial charge in [0.25, 0.3) is 5.91 Å². The summed E-state index contributed by atoms with van der Waals surface area (Å²) in [7, 11) is 0. The van der Waals surface area contributed by atoms with Gasteiger partial charge in [-0.2, -0.15) is 0 Å². The zero-order valence-corrected chi connectivity index (χ0v) is 14.5. The van der Waals surface area contributed by atoms with Gasteiger partial charge in [-0.3, -0.25) is 4.79 Å². The number of benzene rings is 1. The first-order valence-corrected chi connectivity index (χ1v) is 8.56. The van der Waals surface area contributed by atoms with E-state index < -0.39 is 0 Å². The third kappa shape index (κ3) is 3.30. The topological polar surface area (TPSA) is 44.9 Å². The molecule has 2 unspecified atom stereocenters. The van der Waals surface area contributed by atoms with Crippen molar-refractivity contribution in [3.8, 4) is 0 Å². The van der Waals surface area contributed by atoms with Crippen LogP contribution >= 0.6 is 11.6 Å². The van der Waals surface area contributed by atoms with Crippen molar-refractivity contribution in [2.75, 3.05) is 0 Å². The SMILES string of the molecule is C=C1CC(C)CC(CC)(NC(=O)c2cc3cc(Cl)ccc3[nH]2)C1. The molecule has 0 bridgehead atoms. The molecule has 2 atom stereocenters. The summed E-state index contributed by atoms with van der Waals surface area (Å²) >= 11 is 6.02. The Labute approximate surface area is 142 Å². The van der Waals surface area contributed by atoms with E-state index in [9.17, 15) is 4.79 Å². The molecular weight excluding hydrogens is 308 g/mol. The molecule has 1 aliphatic rings. The molecule has 4 heteroatoms. The van der Waals surface area contributed by atoms with Crippen LogP contribution < -0.4 is 5.32 Å². The number of carbonyl (C=O) groups is 1. The Morgan fingerprint density at radius 3 is 2.96 bits per heavy atom. The molecule has 0 saturated heterocycles. The minimum Gasteiger partial charge on any atom is -0.351 e. The molecule has 122 valence electrons. The number of fused-ring (bicyclic) bond motifs is 1. The maximum atomic E-state index is 12.7. The second-order valence-electron chi connectivity index (χ2n) is 6.94. The van der Waals surface area contributed by atoms with Crippen molar-refractivity contribution in [3.05, 3.63) is 47.1 Å². The Kier molecular flexibility index (Phi) is 4.24. The zero-order valence-electron chi connectivity index (χ0n) is 13.7. The number of hydrogen-bond donors (Lipinski definition) is 2. The van der Waals surface area contributed by atoms with E-state index in [0.717, 1.165) is 36.6 Å². The lowest BCUT2D eigenvalue weighted by atomic mass is 9.73. The van der Waals surface area contributed by atoms with Crippen molar-refractivity contribution < 1.29 is 4.79 Å². The van der Waals surface area contributed by atoms with Crippen molar-refractivity contribution >= 4 is 28.4 Å². The molecule has 1 aromatic carbocycles. The second-order valence-corrected chi connectivity index (χ2v) is 7.38. The molecule has 3 rings (SSSR count). The van der Waals surface area contributed by atoms with Gasteiger partial charge in [0.15, 0.2) is 0 Å². The predicted octanol–water partition coefficient (Wildman–Crippen LogP) is 5.08. The van der Waals surface area contributed by atoms with Gasteiger partial charge in [0.2, 0.25) is 0 Å². The average molecular weight is 331 g/mol. The van der Waals surface area contributed by atoms with Gasteiger partial charge in [-0.05, 0) is 55.9 Å². The fourth-order valence-electron chi connectivity index (χ4n) is 3.84. The molecule has 23 heavy (non-hydrogen) atoms. The molecule has 3 nitrogen and oxygen atoms in total. The van der Waals surface area contributed by atoms with Crippen LogP contribution in [0, 0.1) is 5.92 Å². The minimum atomic E-state index is -0.180. The van der Waals surface area contributed by atoms with Crippen molar-refractivity contribution in [1.82, 2.24) is 10.3 Å². The number of aromatic nitrogens is 1. The number of nitrogens with one attached hydrogen (secondary N) is 2. The number of aromatic amines is 1. The molecule has 1 fully saturated rings. The molecule has 1 aromatic heterocycles. The highest BCUT2D eigenvalue weighted by Gasteiger charge is 2.36. The smallest absolute Gasteiger partial charge is 0.268 e. The van der Waals surface area contributed by atoms with Gasteiger partial charge >= 0.3 is 0 Å². The maximum absolute atomic E-state index is 12.7. The Balaban J connectivity index is 1.85. The van der Waals surface area contributed by atoms with Gasteiger partial charge in [-0.25, -0.2) is 0 Å². The van der Waals surface area contributed by atoms with Crippen LogP contribution in [0.4, 0.5) is 0 Å². The van der Waals surface area contributed by atoms with Crippen LogP contribution in [0.15, 0.2) is 36.4 Å². The molecule has 0 aliphatic heterocycles. The number of H-pyrrole nitrogens is 1. The van der Waals surface area contributed by atoms with Gasteiger partial charge in [0.1, 0.15) is 5.69 Å². The molecule has 0 spiro atoms. The summed E-state index contributed by atoms with van der Waals surface area (Å²) in [5, 5.41) is 4.90. The van der Waals surface area contributed by atoms with Crippen LogP contribution in [-0.4, -0.2) is 16.4 Å². The molecule has 1 saturated carbocycles. The monoisotopic (exact) mass is 330 g/mol. The van der Waals surface area contributed by atoms with Crippen molar-refractivity contribution in [2.24, 2.45) is 5.92 Å². The van der Waals surface area contributed by atoms with Crippen LogP contribution in [0.3, 0.4) is 0 Å². The first kappa shape index (κ1) is 16.1. The Hall–Kier alpha value is -1.74. The number of carbonyl (C=O) groups excluding carboxylic acids is 1. The largest absolute Gasteiger partial charge is 0.351 e. The van der Waals surface area contributed by atoms with Crippen LogP contribution in [0.2, 0.25) is 5.02 Å². The maximum Gasteiger partial charge on any atom is 0.268 e. The predicted molar refractivity (Wildman–Crippen MR) is 96.0 cm³/mol. The molecular formula is C19H23ClN2O. The number of rotatable bonds is 3. The van der Waals surface area contributed by atoms with E-state index in [-0.39, 0.29) is 11.4 Å². The van der Waals surface area contributed by atoms with E-state index in [1.807, 2.05) is 24.3 Å². The summed E-state index contributed by atoms with van der Waals surface area (Å²) in [5.74, 6) is 0.499. The van der Waals surface area contributed by atoms with Crippen molar-refractivity contribution in [3.63, 3.8) is 0 Å². The van der Waals surface area contributed by atoms with Gasteiger partial charge in [-0.15, -0.1) is 0 Å². The molecule has 2 N–H and O–H groups in total. The Morgan fingerprint density at radius 2 is 2.26 bits per heavy atom. The zero-order chi connectivity index (χ0) is 16.6. The lowest BCUT2D eigenvalue weighted by Gasteiger charge is -2.41. The minimum absolute atomic E-state index is 0.0546. The summed E-state index contributed by atoms with van der Waals surface area (Å²) in [6.45, 7) is 8.52. The Bertz CT molecular complexity index is 764.